The normalized spacial score (nSPS) is 16.8. The molecule has 0 radical (unpaired) electrons. The second kappa shape index (κ2) is 30.4. The lowest BCUT2D eigenvalue weighted by atomic mass is 10.00. The van der Waals surface area contributed by atoms with Crippen molar-refractivity contribution in [2.24, 2.45) is 11.8 Å². The molecule has 10 N–H and O–H groups in total. The van der Waals surface area contributed by atoms with Crippen LogP contribution in [-0.2, 0) is 71.3 Å². The van der Waals surface area contributed by atoms with Gasteiger partial charge in [0.05, 0.1) is 12.8 Å². The van der Waals surface area contributed by atoms with Gasteiger partial charge in [-0.2, -0.15) is 0 Å². The highest BCUT2D eigenvalue weighted by atomic mass is 16.7. The van der Waals surface area contributed by atoms with Crippen molar-refractivity contribution >= 4 is 87.2 Å². The molecule has 3 heterocycles. The Hall–Kier alpha value is -9.85. The van der Waals surface area contributed by atoms with Gasteiger partial charge < -0.3 is 66.3 Å². The number of rotatable bonds is 25. The molecule has 2 aromatic heterocycles. The van der Waals surface area contributed by atoms with E-state index < -0.39 is 131 Å². The van der Waals surface area contributed by atoms with E-state index in [1.165, 1.54) is 27.7 Å². The first-order valence-electron chi connectivity index (χ1n) is 29.2. The molecule has 0 bridgehead atoms. The van der Waals surface area contributed by atoms with Gasteiger partial charge in [0.1, 0.15) is 59.4 Å². The molecule has 7 rings (SSSR count). The fourth-order valence-electron chi connectivity index (χ4n) is 9.59. The number of fused-ring (bicyclic) bond motifs is 2. The first-order chi connectivity index (χ1) is 42.3. The van der Waals surface area contributed by atoms with Crippen LogP contribution in [0.25, 0.3) is 22.2 Å². The van der Waals surface area contributed by atoms with Gasteiger partial charge in [-0.25, -0.2) is 9.97 Å². The molecule has 8 amide bonds. The number of para-hydroxylation sites is 2. The van der Waals surface area contributed by atoms with Crippen molar-refractivity contribution in [3.05, 3.63) is 130 Å². The number of aryl methyl sites for hydroxylation is 4. The standard InChI is InChI=1S/C33H41N5O8.C31H37N5O8/c1-16(2)26(37-31(44)24(35-21(7)39)14-22-12-8-17(3)9-13-22)32(45)34-20(6)30(43)36-23(15-25(40)41)28(42)33-38-27-18(4)10-11-19(5)29(27)46-33;1-16(2)26(36-28(40)22(33-19(5)37)14-20-12-10-17(3)11-13-20)29(41)32-18(4)27(39)35-24-15-25(38)44-31(24,42)30-34-21-8-6-7-9-23(21)43-30/h8-13,16,20,23-24,26H,14-15H2,1-7H3,(H,34,45)(H,35,39)(H,36,43)(H,37,44)(H,40,41);6-13,16,18,22,24,26,42H,14-15H2,1-5H3,(H,32,41)(H,33,37)(H,35,39)(H,36,40)/t20-,23+,24-,26+;18-,22-,24-,26+,31?/m00/s1. The molecule has 26 nitrogen and oxygen atoms in total. The van der Waals surface area contributed by atoms with Crippen molar-refractivity contribution < 1.29 is 76.5 Å². The minimum atomic E-state index is -2.36. The Morgan fingerprint density at radius 1 is 0.567 bits per heavy atom. The SMILES string of the molecule is CC(=O)N[C@@H](Cc1ccc(C)cc1)C(=O)N[C@@H](C(=O)N[C@@H](C)C(=O)N[C@H](CC(=O)O)C(=O)c1nc2c(C)ccc(C)c2o1)C(C)C.CC(=O)N[C@@H](Cc1ccc(C)cc1)C(=O)N[C@@H](C(=O)N[C@@H](C)C(=O)N[C@H]1CC(=O)OC1(O)c1nc2ccccc2o1)C(C)C. The summed E-state index contributed by atoms with van der Waals surface area (Å²) in [6, 6.07) is 16.1. The Bertz CT molecular complexity index is 3580. The molecule has 0 aliphatic carbocycles. The van der Waals surface area contributed by atoms with Gasteiger partial charge in [0.15, 0.2) is 11.2 Å². The molecule has 1 fully saturated rings. The van der Waals surface area contributed by atoms with Gasteiger partial charge in [0.25, 0.3) is 11.8 Å². The molecule has 1 saturated heterocycles. The smallest absolute Gasteiger partial charge is 0.311 e. The quantitative estimate of drug-likeness (QED) is 0.0290. The number of benzene rings is 4. The van der Waals surface area contributed by atoms with Gasteiger partial charge in [-0.3, -0.25) is 52.7 Å². The van der Waals surface area contributed by atoms with Gasteiger partial charge in [-0.15, -0.1) is 0 Å². The van der Waals surface area contributed by atoms with Crippen LogP contribution in [0.3, 0.4) is 0 Å². The molecule has 9 atom stereocenters. The fourth-order valence-corrected chi connectivity index (χ4v) is 9.59. The summed E-state index contributed by atoms with van der Waals surface area (Å²) in [6.45, 7) is 19.7. The number of hydrogen-bond acceptors (Lipinski definition) is 17. The highest BCUT2D eigenvalue weighted by molar-refractivity contribution is 6.03. The van der Waals surface area contributed by atoms with E-state index in [9.17, 15) is 63.0 Å². The van der Waals surface area contributed by atoms with E-state index in [1.54, 1.807) is 71.9 Å². The van der Waals surface area contributed by atoms with Crippen LogP contribution in [0.15, 0.2) is 93.8 Å². The number of esters is 1. The fraction of sp³-hybridized carbons (Fsp3) is 0.422. The van der Waals surface area contributed by atoms with Gasteiger partial charge in [0, 0.05) is 26.7 Å². The highest BCUT2D eigenvalue weighted by Gasteiger charge is 2.54. The maximum absolute atomic E-state index is 13.3. The second-order valence-electron chi connectivity index (χ2n) is 23.1. The van der Waals surface area contributed by atoms with Gasteiger partial charge in [-0.05, 0) is 87.8 Å². The number of oxazole rings is 2. The summed E-state index contributed by atoms with van der Waals surface area (Å²) in [6.07, 6.45) is -0.715. The summed E-state index contributed by atoms with van der Waals surface area (Å²) in [5, 5.41) is 41.3. The van der Waals surface area contributed by atoms with E-state index in [4.69, 9.17) is 13.6 Å². The third-order valence-electron chi connectivity index (χ3n) is 14.7. The Morgan fingerprint density at radius 2 is 1.06 bits per heavy atom. The maximum atomic E-state index is 13.3. The summed E-state index contributed by atoms with van der Waals surface area (Å²) in [7, 11) is 0. The molecule has 26 heteroatoms. The van der Waals surface area contributed by atoms with Gasteiger partial charge in [-0.1, -0.05) is 112 Å². The third-order valence-corrected chi connectivity index (χ3v) is 14.7. The number of ketones is 1. The Morgan fingerprint density at radius 3 is 1.52 bits per heavy atom. The average Bonchev–Trinajstić information content (AvgIpc) is 1.63. The predicted molar refractivity (Wildman–Crippen MR) is 326 cm³/mol. The molecule has 90 heavy (non-hydrogen) atoms. The average molecular weight is 1240 g/mol. The molecular formula is C64H78N10O16. The molecule has 480 valence electrons. The molecule has 4 aromatic carbocycles. The minimum Gasteiger partial charge on any atom is -0.481 e. The summed E-state index contributed by atoms with van der Waals surface area (Å²) in [4.78, 5) is 148. The Balaban J connectivity index is 0.000000287. The van der Waals surface area contributed by atoms with Crippen molar-refractivity contribution in [1.82, 2.24) is 52.5 Å². The number of ether oxygens (including phenoxy) is 1. The van der Waals surface area contributed by atoms with E-state index in [0.29, 0.717) is 22.2 Å². The molecule has 1 unspecified atom stereocenters. The van der Waals surface area contributed by atoms with Crippen molar-refractivity contribution in [2.75, 3.05) is 0 Å². The van der Waals surface area contributed by atoms with Crippen LogP contribution in [-0.4, -0.2) is 133 Å². The number of amides is 8. The van der Waals surface area contributed by atoms with Crippen LogP contribution in [0, 0.1) is 39.5 Å². The van der Waals surface area contributed by atoms with E-state index in [1.807, 2.05) is 68.4 Å². The predicted octanol–water partition coefficient (Wildman–Crippen LogP) is 3.39. The Kier molecular flexibility index (Phi) is 23.4. The number of carbonyl (C=O) groups excluding carboxylic acids is 10. The number of carboxylic acid groups (broad SMARTS) is 1. The van der Waals surface area contributed by atoms with Crippen molar-refractivity contribution in [1.29, 1.82) is 0 Å². The van der Waals surface area contributed by atoms with Crippen LogP contribution in [0.5, 0.6) is 0 Å². The number of aliphatic hydroxyl groups is 1. The third kappa shape index (κ3) is 18.4. The number of carbonyl (C=O) groups is 11. The number of cyclic esters (lactones) is 1. The molecule has 1 aliphatic heterocycles. The van der Waals surface area contributed by atoms with Crippen LogP contribution >= 0.6 is 0 Å². The van der Waals surface area contributed by atoms with E-state index in [2.05, 4.69) is 52.5 Å². The first-order valence-corrected chi connectivity index (χ1v) is 29.2. The lowest BCUT2D eigenvalue weighted by Crippen LogP contribution is -2.59. The molecule has 0 spiro atoms. The van der Waals surface area contributed by atoms with Crippen molar-refractivity contribution in [2.45, 2.75) is 163 Å². The summed E-state index contributed by atoms with van der Waals surface area (Å²) in [5.74, 6) is -11.6. The number of carboxylic acids is 1. The number of aromatic nitrogens is 2. The largest absolute Gasteiger partial charge is 0.481 e. The summed E-state index contributed by atoms with van der Waals surface area (Å²) < 4.78 is 16.4. The topological polar surface area (TPSA) is 386 Å². The summed E-state index contributed by atoms with van der Waals surface area (Å²) in [5.41, 5.74) is 6.81. The zero-order valence-electron chi connectivity index (χ0n) is 52.2. The van der Waals surface area contributed by atoms with Crippen LogP contribution in [0.4, 0.5) is 0 Å². The highest BCUT2D eigenvalue weighted by Crippen LogP contribution is 2.36. The van der Waals surface area contributed by atoms with Gasteiger partial charge >= 0.3 is 17.7 Å². The lowest BCUT2D eigenvalue weighted by molar-refractivity contribution is -0.210. The van der Waals surface area contributed by atoms with E-state index in [0.717, 1.165) is 33.4 Å². The number of Topliss-reactive ketones (excluding diaryl/α,β-unsaturated/α-hetero) is 1. The zero-order chi connectivity index (χ0) is 66.5. The maximum Gasteiger partial charge on any atom is 0.311 e. The van der Waals surface area contributed by atoms with Crippen LogP contribution in [0.1, 0.15) is 118 Å². The van der Waals surface area contributed by atoms with Crippen molar-refractivity contribution in [3.63, 3.8) is 0 Å². The Labute approximate surface area is 519 Å². The summed E-state index contributed by atoms with van der Waals surface area (Å²) >= 11 is 0. The monoisotopic (exact) mass is 1240 g/mol. The van der Waals surface area contributed by atoms with E-state index in [-0.39, 0.29) is 37.0 Å². The molecule has 0 saturated carbocycles. The van der Waals surface area contributed by atoms with Gasteiger partial charge in [0.2, 0.25) is 53.0 Å². The van der Waals surface area contributed by atoms with Crippen molar-refractivity contribution in [3.8, 4) is 0 Å². The number of nitrogens with zero attached hydrogens (tertiary/aromatic N) is 2. The zero-order valence-corrected chi connectivity index (χ0v) is 52.2. The number of nitrogens with one attached hydrogen (secondary N) is 8. The van der Waals surface area contributed by atoms with Crippen LogP contribution in [0.2, 0.25) is 0 Å². The second-order valence-corrected chi connectivity index (χ2v) is 23.1. The number of aliphatic carboxylic acids is 1. The molecule has 1 aliphatic rings. The van der Waals surface area contributed by atoms with Crippen LogP contribution < -0.4 is 42.5 Å². The number of hydrogen-bond donors (Lipinski definition) is 10. The molecular weight excluding hydrogens is 1160 g/mol. The van der Waals surface area contributed by atoms with E-state index >= 15 is 0 Å². The first kappa shape index (κ1) is 69.3. The lowest BCUT2D eigenvalue weighted by Gasteiger charge is -2.28. The minimum absolute atomic E-state index is 0.190. The molecule has 6 aromatic rings.